The lowest BCUT2D eigenvalue weighted by Crippen LogP contribution is -2.46. The first-order valence-corrected chi connectivity index (χ1v) is 8.48. The number of amides is 1. The van der Waals surface area contributed by atoms with Crippen LogP contribution in [0.15, 0.2) is 29.3 Å². The molecule has 0 bridgehead atoms. The number of likely N-dealkylation sites (N-methyl/N-ethyl adjacent to an activating group) is 1. The number of nitrogens with zero attached hydrogens (tertiary/aromatic N) is 2. The van der Waals surface area contributed by atoms with Crippen LogP contribution in [0.2, 0.25) is 0 Å². The van der Waals surface area contributed by atoms with Gasteiger partial charge in [0.2, 0.25) is 5.91 Å². The fourth-order valence-corrected chi connectivity index (χ4v) is 2.73. The molecule has 0 saturated carbocycles. The average molecular weight is 462 g/mol. The molecule has 0 radical (unpaired) electrons. The molecule has 7 heteroatoms. The highest BCUT2D eigenvalue weighted by molar-refractivity contribution is 14.0. The van der Waals surface area contributed by atoms with E-state index in [9.17, 15) is 9.18 Å². The fourth-order valence-electron chi connectivity index (χ4n) is 2.73. The largest absolute Gasteiger partial charge is 0.356 e. The first-order valence-electron chi connectivity index (χ1n) is 8.48. The van der Waals surface area contributed by atoms with Crippen LogP contribution in [0.25, 0.3) is 0 Å². The molecule has 140 valence electrons. The molecule has 5 nitrogen and oxygen atoms in total. The Morgan fingerprint density at radius 1 is 1.32 bits per heavy atom. The molecule has 0 heterocycles. The van der Waals surface area contributed by atoms with E-state index >= 15 is 0 Å². The van der Waals surface area contributed by atoms with Gasteiger partial charge < -0.3 is 15.5 Å². The third-order valence-electron chi connectivity index (χ3n) is 4.16. The molecular weight excluding hydrogens is 434 g/mol. The number of rotatable bonds is 6. The number of nitrogens with one attached hydrogen (secondary N) is 2. The van der Waals surface area contributed by atoms with E-state index in [2.05, 4.69) is 39.9 Å². The van der Waals surface area contributed by atoms with E-state index < -0.39 is 0 Å². The van der Waals surface area contributed by atoms with Crippen LogP contribution in [-0.2, 0) is 17.6 Å². The third kappa shape index (κ3) is 7.17. The second-order valence-electron chi connectivity index (χ2n) is 6.28. The second kappa shape index (κ2) is 11.3. The molecule has 2 N–H and O–H groups in total. The highest BCUT2D eigenvalue weighted by atomic mass is 127. The SMILES string of the molecule is CN(C)C(=O)CN=C(NCCCF)NC1CCc2ccccc2C1.I. The Morgan fingerprint density at radius 2 is 2.04 bits per heavy atom. The van der Waals surface area contributed by atoms with E-state index in [1.807, 2.05) is 0 Å². The van der Waals surface area contributed by atoms with Crippen molar-refractivity contribution in [3.63, 3.8) is 0 Å². The van der Waals surface area contributed by atoms with Crippen molar-refractivity contribution in [2.75, 3.05) is 33.9 Å². The first kappa shape index (κ1) is 21.7. The molecule has 0 aromatic heterocycles. The molecule has 1 atom stereocenters. The number of aliphatic imine (C=N–C) groups is 1. The van der Waals surface area contributed by atoms with Gasteiger partial charge in [-0.3, -0.25) is 9.18 Å². The highest BCUT2D eigenvalue weighted by Crippen LogP contribution is 2.20. The van der Waals surface area contributed by atoms with Crippen LogP contribution in [0.5, 0.6) is 0 Å². The molecule has 2 rings (SSSR count). The zero-order chi connectivity index (χ0) is 17.4. The van der Waals surface area contributed by atoms with E-state index in [1.54, 1.807) is 14.1 Å². The highest BCUT2D eigenvalue weighted by Gasteiger charge is 2.19. The summed E-state index contributed by atoms with van der Waals surface area (Å²) < 4.78 is 12.3. The molecule has 1 aromatic carbocycles. The number of carbonyl (C=O) groups excluding carboxylic acids is 1. The molecule has 1 aliphatic carbocycles. The Morgan fingerprint density at radius 3 is 2.72 bits per heavy atom. The quantitative estimate of drug-likeness (QED) is 0.295. The van der Waals surface area contributed by atoms with Gasteiger partial charge in [0, 0.05) is 26.7 Å². The zero-order valence-electron chi connectivity index (χ0n) is 14.9. The molecule has 1 unspecified atom stereocenters. The molecule has 25 heavy (non-hydrogen) atoms. The molecule has 0 saturated heterocycles. The zero-order valence-corrected chi connectivity index (χ0v) is 17.3. The number of benzene rings is 1. The minimum atomic E-state index is -0.367. The standard InChI is InChI=1S/C18H27FN4O.HI/c1-23(2)17(24)13-21-18(20-11-5-10-19)22-16-9-8-14-6-3-4-7-15(14)12-16;/h3-4,6-7,16H,5,8-13H2,1-2H3,(H2,20,21,22);1H. The molecule has 1 amide bonds. The van der Waals surface area contributed by atoms with Crippen LogP contribution in [0.3, 0.4) is 0 Å². The molecule has 0 aliphatic heterocycles. The number of carbonyl (C=O) groups is 1. The number of aryl methyl sites for hydroxylation is 1. The van der Waals surface area contributed by atoms with Gasteiger partial charge >= 0.3 is 0 Å². The predicted molar refractivity (Wildman–Crippen MR) is 110 cm³/mol. The first-order chi connectivity index (χ1) is 11.6. The van der Waals surface area contributed by atoms with Gasteiger partial charge in [-0.25, -0.2) is 4.99 Å². The maximum absolute atomic E-state index is 12.3. The number of hydrogen-bond donors (Lipinski definition) is 2. The summed E-state index contributed by atoms with van der Waals surface area (Å²) in [6.07, 6.45) is 3.40. The van der Waals surface area contributed by atoms with E-state index in [4.69, 9.17) is 0 Å². The van der Waals surface area contributed by atoms with Crippen molar-refractivity contribution in [2.45, 2.75) is 31.7 Å². The van der Waals surface area contributed by atoms with Crippen molar-refractivity contribution in [3.8, 4) is 0 Å². The van der Waals surface area contributed by atoms with Crippen LogP contribution < -0.4 is 10.6 Å². The monoisotopic (exact) mass is 462 g/mol. The van der Waals surface area contributed by atoms with Crippen LogP contribution in [0.4, 0.5) is 4.39 Å². The van der Waals surface area contributed by atoms with Crippen molar-refractivity contribution in [2.24, 2.45) is 4.99 Å². The molecule has 0 fully saturated rings. The number of hydrogen-bond acceptors (Lipinski definition) is 2. The summed E-state index contributed by atoms with van der Waals surface area (Å²) in [5.41, 5.74) is 2.76. The third-order valence-corrected chi connectivity index (χ3v) is 4.16. The van der Waals surface area contributed by atoms with E-state index in [0.29, 0.717) is 18.9 Å². The van der Waals surface area contributed by atoms with Gasteiger partial charge in [-0.2, -0.15) is 0 Å². The Labute approximate surface area is 166 Å². The van der Waals surface area contributed by atoms with Crippen molar-refractivity contribution in [1.29, 1.82) is 0 Å². The molecule has 1 aromatic rings. The number of alkyl halides is 1. The maximum atomic E-state index is 12.3. The molecular formula is C18H28FIN4O. The van der Waals surface area contributed by atoms with Crippen LogP contribution >= 0.6 is 24.0 Å². The Bertz CT molecular complexity index is 580. The van der Waals surface area contributed by atoms with Crippen molar-refractivity contribution >= 4 is 35.8 Å². The van der Waals surface area contributed by atoms with Gasteiger partial charge in [0.25, 0.3) is 0 Å². The minimum absolute atomic E-state index is 0. The normalized spacial score (nSPS) is 16.4. The van der Waals surface area contributed by atoms with E-state index in [-0.39, 0.29) is 49.1 Å². The Hall–Kier alpha value is -1.38. The lowest BCUT2D eigenvalue weighted by molar-refractivity contribution is -0.127. The number of fused-ring (bicyclic) bond motifs is 1. The summed E-state index contributed by atoms with van der Waals surface area (Å²) in [4.78, 5) is 17.6. The van der Waals surface area contributed by atoms with Crippen LogP contribution in [0, 0.1) is 0 Å². The van der Waals surface area contributed by atoms with Crippen molar-refractivity contribution in [1.82, 2.24) is 15.5 Å². The van der Waals surface area contributed by atoms with Crippen LogP contribution in [-0.4, -0.2) is 56.7 Å². The van der Waals surface area contributed by atoms with Gasteiger partial charge in [0.15, 0.2) is 5.96 Å². The molecule has 0 spiro atoms. The van der Waals surface area contributed by atoms with Gasteiger partial charge in [0.1, 0.15) is 6.54 Å². The molecule has 1 aliphatic rings. The summed E-state index contributed by atoms with van der Waals surface area (Å²) in [6, 6.07) is 8.74. The summed E-state index contributed by atoms with van der Waals surface area (Å²) in [6.45, 7) is 0.219. The van der Waals surface area contributed by atoms with Crippen LogP contribution in [0.1, 0.15) is 24.0 Å². The lowest BCUT2D eigenvalue weighted by Gasteiger charge is -2.27. The van der Waals surface area contributed by atoms with Gasteiger partial charge in [-0.15, -0.1) is 24.0 Å². The van der Waals surface area contributed by atoms with E-state index in [0.717, 1.165) is 19.3 Å². The second-order valence-corrected chi connectivity index (χ2v) is 6.28. The summed E-state index contributed by atoms with van der Waals surface area (Å²) >= 11 is 0. The predicted octanol–water partition coefficient (Wildman–Crippen LogP) is 2.14. The summed E-state index contributed by atoms with van der Waals surface area (Å²) in [5, 5.41) is 6.51. The number of guanidine groups is 1. The average Bonchev–Trinajstić information content (AvgIpc) is 2.59. The summed E-state index contributed by atoms with van der Waals surface area (Å²) in [7, 11) is 3.42. The van der Waals surface area contributed by atoms with Gasteiger partial charge in [-0.1, -0.05) is 24.3 Å². The Balaban J connectivity index is 0.00000312. The smallest absolute Gasteiger partial charge is 0.243 e. The maximum Gasteiger partial charge on any atom is 0.243 e. The van der Waals surface area contributed by atoms with Crippen molar-refractivity contribution in [3.05, 3.63) is 35.4 Å². The van der Waals surface area contributed by atoms with Gasteiger partial charge in [-0.05, 0) is 36.8 Å². The minimum Gasteiger partial charge on any atom is -0.356 e. The fraction of sp³-hybridized carbons (Fsp3) is 0.556. The summed E-state index contributed by atoms with van der Waals surface area (Å²) in [5.74, 6) is 0.526. The number of halogens is 2. The lowest BCUT2D eigenvalue weighted by atomic mass is 9.88. The van der Waals surface area contributed by atoms with E-state index in [1.165, 1.54) is 16.0 Å². The van der Waals surface area contributed by atoms with Gasteiger partial charge in [0.05, 0.1) is 6.67 Å². The van der Waals surface area contributed by atoms with Crippen molar-refractivity contribution < 1.29 is 9.18 Å². The Kier molecular flexibility index (Phi) is 9.77. The topological polar surface area (TPSA) is 56.7 Å².